The Balaban J connectivity index is 3.07. The lowest BCUT2D eigenvalue weighted by Gasteiger charge is -2.10. The molecular weight excluding hydrogens is 206 g/mol. The molecule has 0 amide bonds. The van der Waals surface area contributed by atoms with E-state index in [-0.39, 0.29) is 0 Å². The average molecular weight is 215 g/mol. The van der Waals surface area contributed by atoms with Crippen LogP contribution >= 0.6 is 0 Å². The lowest BCUT2D eigenvalue weighted by molar-refractivity contribution is 0.110. The van der Waals surface area contributed by atoms with E-state index >= 15 is 0 Å². The fourth-order valence-electron chi connectivity index (χ4n) is 1.04. The predicted molar refractivity (Wildman–Crippen MR) is 50.9 cm³/mol. The zero-order chi connectivity index (χ0) is 10.6. The lowest BCUT2D eigenvalue weighted by atomic mass is 10.2. The second kappa shape index (κ2) is 4.19. The minimum absolute atomic E-state index is 0.384. The Morgan fingerprint density at radius 2 is 1.86 bits per heavy atom. The summed E-state index contributed by atoms with van der Waals surface area (Å²) in [4.78, 5) is 14.2. The first kappa shape index (κ1) is 10.6. The van der Waals surface area contributed by atoms with Crippen LogP contribution in [0.4, 0.5) is 0 Å². The second-order valence-corrected chi connectivity index (χ2v) is 4.84. The number of hydrogen-bond donors (Lipinski definition) is 0. The van der Waals surface area contributed by atoms with Crippen LogP contribution in [0.15, 0.2) is 35.7 Å². The van der Waals surface area contributed by atoms with E-state index < -0.39 is 15.3 Å². The molecule has 0 aromatic heterocycles. The van der Waals surface area contributed by atoms with Crippen molar-refractivity contribution < 1.29 is 13.3 Å². The molecule has 0 aliphatic rings. The zero-order valence-corrected chi connectivity index (χ0v) is 8.27. The van der Waals surface area contributed by atoms with Crippen molar-refractivity contribution in [3.8, 4) is 0 Å². The largest absolute Gasteiger partial charge is 0.339 e. The van der Waals surface area contributed by atoms with Crippen molar-refractivity contribution in [3.63, 3.8) is 0 Å². The number of hydrogen-bond acceptors (Lipinski definition) is 5. The van der Waals surface area contributed by atoms with Crippen LogP contribution in [0.3, 0.4) is 0 Å². The summed E-state index contributed by atoms with van der Waals surface area (Å²) in [5.74, 6) is 0. The van der Waals surface area contributed by atoms with Crippen LogP contribution in [0.2, 0.25) is 0 Å². The average Bonchev–Trinajstić information content (AvgIpc) is 2.14. The van der Waals surface area contributed by atoms with Gasteiger partial charge < -0.3 is 4.84 Å². The maximum Gasteiger partial charge on any atom is 0.255 e. The molecule has 5 nitrogen and oxygen atoms in total. The Hall–Kier alpha value is -1.43. The first-order valence-electron chi connectivity index (χ1n) is 3.78. The molecule has 1 aromatic rings. The summed E-state index contributed by atoms with van der Waals surface area (Å²) in [6, 6.07) is 8.15. The summed E-state index contributed by atoms with van der Waals surface area (Å²) < 4.78 is 22.4. The quantitative estimate of drug-likeness (QED) is 0.562. The van der Waals surface area contributed by atoms with Crippen LogP contribution in [0.25, 0.3) is 0 Å². The third-order valence-corrected chi connectivity index (χ3v) is 2.74. The predicted octanol–water partition coefficient (Wildman–Crippen LogP) is 1.43. The Morgan fingerprint density at radius 1 is 1.29 bits per heavy atom. The normalized spacial score (nSPS) is 13.2. The molecule has 76 valence electrons. The topological polar surface area (TPSA) is 72.8 Å². The van der Waals surface area contributed by atoms with Crippen molar-refractivity contribution in [2.24, 2.45) is 5.34 Å². The number of nitrogens with zero attached hydrogens (tertiary/aromatic N) is 1. The first-order valence-corrected chi connectivity index (χ1v) is 5.73. The van der Waals surface area contributed by atoms with Gasteiger partial charge in [0.2, 0.25) is 0 Å². The van der Waals surface area contributed by atoms with Gasteiger partial charge in [-0.05, 0) is 0 Å². The van der Waals surface area contributed by atoms with Crippen LogP contribution in [-0.2, 0) is 14.7 Å². The van der Waals surface area contributed by atoms with Crippen LogP contribution in [0.5, 0.6) is 0 Å². The van der Waals surface area contributed by atoms with Crippen molar-refractivity contribution in [1.82, 2.24) is 0 Å². The van der Waals surface area contributed by atoms with Crippen molar-refractivity contribution in [3.05, 3.63) is 40.8 Å². The molecule has 0 N–H and O–H groups in total. The molecule has 0 saturated carbocycles. The van der Waals surface area contributed by atoms with Gasteiger partial charge in [0.05, 0.1) is 0 Å². The molecule has 0 aliphatic heterocycles. The summed E-state index contributed by atoms with van der Waals surface area (Å²) in [6.07, 6.45) is 0.982. The molecule has 0 radical (unpaired) electrons. The van der Waals surface area contributed by atoms with Crippen molar-refractivity contribution in [2.45, 2.75) is 5.44 Å². The molecule has 1 aromatic carbocycles. The van der Waals surface area contributed by atoms with Gasteiger partial charge in [0.25, 0.3) is 5.44 Å². The highest BCUT2D eigenvalue weighted by Gasteiger charge is 2.25. The fourth-order valence-corrected chi connectivity index (χ4v) is 1.88. The highest BCUT2D eigenvalue weighted by Crippen LogP contribution is 2.22. The second-order valence-electron chi connectivity index (χ2n) is 2.75. The van der Waals surface area contributed by atoms with E-state index in [1.807, 2.05) is 0 Å². The molecule has 1 unspecified atom stereocenters. The molecular formula is C8H9NO4S. The Morgan fingerprint density at radius 3 is 2.29 bits per heavy atom. The summed E-state index contributed by atoms with van der Waals surface area (Å²) in [6.45, 7) is 0. The summed E-state index contributed by atoms with van der Waals surface area (Å²) >= 11 is 0. The highest BCUT2D eigenvalue weighted by molar-refractivity contribution is 7.90. The van der Waals surface area contributed by atoms with E-state index in [1.165, 1.54) is 0 Å². The van der Waals surface area contributed by atoms with Crippen LogP contribution in [0, 0.1) is 4.91 Å². The van der Waals surface area contributed by atoms with Gasteiger partial charge in [-0.3, -0.25) is 0 Å². The van der Waals surface area contributed by atoms with Gasteiger partial charge in [-0.15, -0.1) is 4.91 Å². The Bertz CT molecular complexity index is 401. The van der Waals surface area contributed by atoms with E-state index in [1.54, 1.807) is 30.3 Å². The van der Waals surface area contributed by atoms with E-state index in [9.17, 15) is 13.3 Å². The number of benzene rings is 1. The van der Waals surface area contributed by atoms with E-state index in [2.05, 4.69) is 10.2 Å². The Kier molecular flexibility index (Phi) is 3.19. The smallest absolute Gasteiger partial charge is 0.255 e. The van der Waals surface area contributed by atoms with Gasteiger partial charge in [0.1, 0.15) is 0 Å². The molecule has 1 atom stereocenters. The number of rotatable bonds is 4. The van der Waals surface area contributed by atoms with Crippen molar-refractivity contribution in [2.75, 3.05) is 6.26 Å². The van der Waals surface area contributed by atoms with Gasteiger partial charge in [-0.25, -0.2) is 8.42 Å². The molecule has 0 saturated heterocycles. The summed E-state index contributed by atoms with van der Waals surface area (Å²) in [5, 5.41) is 2.15. The van der Waals surface area contributed by atoms with Gasteiger partial charge in [-0.2, -0.15) is 0 Å². The lowest BCUT2D eigenvalue weighted by Crippen LogP contribution is -2.12. The van der Waals surface area contributed by atoms with E-state index in [0.717, 1.165) is 6.26 Å². The van der Waals surface area contributed by atoms with Gasteiger partial charge in [-0.1, -0.05) is 30.3 Å². The van der Waals surface area contributed by atoms with Crippen molar-refractivity contribution >= 4 is 9.84 Å². The summed E-state index contributed by atoms with van der Waals surface area (Å²) in [7, 11) is -3.50. The van der Waals surface area contributed by atoms with Crippen LogP contribution in [-0.4, -0.2) is 14.7 Å². The van der Waals surface area contributed by atoms with Gasteiger partial charge >= 0.3 is 0 Å². The van der Waals surface area contributed by atoms with Gasteiger partial charge in [0.15, 0.2) is 15.2 Å². The van der Waals surface area contributed by atoms with Crippen LogP contribution in [0.1, 0.15) is 11.0 Å². The number of sulfone groups is 1. The molecule has 6 heteroatoms. The SMILES string of the molecule is CS(=O)(=O)C(ON=O)c1ccccc1. The molecule has 14 heavy (non-hydrogen) atoms. The van der Waals surface area contributed by atoms with E-state index in [0.29, 0.717) is 5.56 Å². The fraction of sp³-hybridized carbons (Fsp3) is 0.250. The van der Waals surface area contributed by atoms with Crippen molar-refractivity contribution in [1.29, 1.82) is 0 Å². The summed E-state index contributed by atoms with van der Waals surface area (Å²) in [5.41, 5.74) is -0.934. The molecule has 0 spiro atoms. The zero-order valence-electron chi connectivity index (χ0n) is 7.45. The highest BCUT2D eigenvalue weighted by atomic mass is 32.2. The maximum atomic E-state index is 11.2. The molecule has 0 fully saturated rings. The Labute approximate surface area is 81.5 Å². The standard InChI is InChI=1S/C8H9NO4S/c1-14(11,12)8(13-9-10)7-5-3-2-4-6-7/h2-6,8H,1H3. The molecule has 0 aliphatic carbocycles. The maximum absolute atomic E-state index is 11.2. The third kappa shape index (κ3) is 2.53. The monoisotopic (exact) mass is 215 g/mol. The minimum atomic E-state index is -3.50. The van der Waals surface area contributed by atoms with E-state index in [4.69, 9.17) is 0 Å². The third-order valence-electron chi connectivity index (χ3n) is 1.60. The molecule has 0 bridgehead atoms. The first-order chi connectivity index (χ1) is 6.55. The minimum Gasteiger partial charge on any atom is -0.339 e. The van der Waals surface area contributed by atoms with Crippen LogP contribution < -0.4 is 0 Å². The molecule has 0 heterocycles. The van der Waals surface area contributed by atoms with Gasteiger partial charge in [0, 0.05) is 11.8 Å². The molecule has 1 rings (SSSR count).